The first-order valence-corrected chi connectivity index (χ1v) is 6.76. The number of carboxylic acids is 1. The summed E-state index contributed by atoms with van der Waals surface area (Å²) in [7, 11) is -4.09. The number of rotatable bonds is 6. The molecule has 0 aliphatic heterocycles. The number of carboxylic acid groups (broad SMARTS) is 1. The maximum Gasteiger partial charge on any atom is 0.461 e. The fourth-order valence-corrected chi connectivity index (χ4v) is 2.53. The van der Waals surface area contributed by atoms with Crippen LogP contribution in [0.25, 0.3) is 0 Å². The summed E-state index contributed by atoms with van der Waals surface area (Å²) in [6.07, 6.45) is -6.62. The number of alkyl halides is 7. The third-order valence-corrected chi connectivity index (χ3v) is 3.95. The average molecular weight is 367 g/mol. The number of hydrogen-bond donors (Lipinski definition) is 2. The third kappa shape index (κ3) is 3.74. The van der Waals surface area contributed by atoms with E-state index in [-0.39, 0.29) is 0 Å². The lowest BCUT2D eigenvalue weighted by Crippen LogP contribution is -2.54. The van der Waals surface area contributed by atoms with E-state index in [1.165, 1.54) is 0 Å². The van der Waals surface area contributed by atoms with Crippen LogP contribution >= 0.6 is 0 Å². The molecule has 0 aliphatic rings. The maximum atomic E-state index is 13.4. The van der Waals surface area contributed by atoms with Crippen LogP contribution < -0.4 is 5.32 Å². The van der Waals surface area contributed by atoms with Gasteiger partial charge in [-0.1, -0.05) is 12.1 Å². The van der Waals surface area contributed by atoms with Crippen molar-refractivity contribution in [1.29, 1.82) is 0 Å². The van der Waals surface area contributed by atoms with E-state index >= 15 is 0 Å². The Morgan fingerprint density at radius 2 is 1.61 bits per heavy atom. The van der Waals surface area contributed by atoms with Crippen molar-refractivity contribution in [3.63, 3.8) is 0 Å². The molecule has 0 radical (unpaired) electrons. The van der Waals surface area contributed by atoms with E-state index in [4.69, 9.17) is 5.11 Å². The van der Waals surface area contributed by atoms with Crippen LogP contribution in [0.15, 0.2) is 29.2 Å². The van der Waals surface area contributed by atoms with Gasteiger partial charge in [0.25, 0.3) is 0 Å². The lowest BCUT2D eigenvalue weighted by Gasteiger charge is -2.27. The molecule has 1 aromatic rings. The summed E-state index contributed by atoms with van der Waals surface area (Å²) in [5, 5.41) is 4.50. The molecule has 0 amide bonds. The van der Waals surface area contributed by atoms with Gasteiger partial charge in [-0.15, -0.1) is 0 Å². The fraction of sp³-hybridized carbons (Fsp3) is 0.364. The van der Waals surface area contributed by atoms with Gasteiger partial charge >= 0.3 is 23.3 Å². The highest BCUT2D eigenvalue weighted by atomic mass is 32.2. The highest BCUT2D eigenvalue weighted by Gasteiger charge is 2.76. The Balaban J connectivity index is 3.26. The van der Waals surface area contributed by atoms with Gasteiger partial charge in [0.05, 0.1) is 10.6 Å². The first-order valence-electron chi connectivity index (χ1n) is 5.61. The van der Waals surface area contributed by atoms with Gasteiger partial charge in [0.1, 0.15) is 17.3 Å². The molecule has 12 heteroatoms. The van der Waals surface area contributed by atoms with Gasteiger partial charge in [0.2, 0.25) is 0 Å². The normalized spacial score (nSPS) is 14.4. The van der Waals surface area contributed by atoms with Crippen LogP contribution in [0.2, 0.25) is 0 Å². The van der Waals surface area contributed by atoms with Crippen molar-refractivity contribution >= 4 is 22.5 Å². The van der Waals surface area contributed by atoms with Crippen molar-refractivity contribution in [2.45, 2.75) is 22.2 Å². The van der Waals surface area contributed by atoms with Crippen LogP contribution in [0.5, 0.6) is 0 Å². The van der Waals surface area contributed by atoms with Crippen molar-refractivity contribution < 1.29 is 44.8 Å². The standard InChI is InChI=1S/C11H8F7NO3S/c12-9(13,10(14,15)16)11(17,18)23(22)7-4-2-1-3-6(7)19-5-8(20)21/h1-4,19H,5H2,(H,20,21). The summed E-state index contributed by atoms with van der Waals surface area (Å²) < 4.78 is 101. The molecule has 0 saturated heterocycles. The topological polar surface area (TPSA) is 66.4 Å². The molecule has 0 aliphatic carbocycles. The number of anilines is 1. The van der Waals surface area contributed by atoms with Crippen LogP contribution in [0, 0.1) is 0 Å². The Bertz CT molecular complexity index is 618. The van der Waals surface area contributed by atoms with E-state index in [2.05, 4.69) is 0 Å². The largest absolute Gasteiger partial charge is 0.480 e. The summed E-state index contributed by atoms with van der Waals surface area (Å²) >= 11 is 0. The van der Waals surface area contributed by atoms with E-state index in [1.54, 1.807) is 0 Å². The predicted octanol–water partition coefficient (Wildman–Crippen LogP) is 3.08. The molecule has 0 saturated carbocycles. The zero-order valence-corrected chi connectivity index (χ0v) is 11.7. The molecule has 0 bridgehead atoms. The van der Waals surface area contributed by atoms with Crippen molar-refractivity contribution in [1.82, 2.24) is 0 Å². The van der Waals surface area contributed by atoms with E-state index in [0.29, 0.717) is 6.07 Å². The number of aliphatic carboxylic acids is 1. The van der Waals surface area contributed by atoms with Crippen molar-refractivity contribution in [3.8, 4) is 0 Å². The molecular formula is C11H8F7NO3S. The second-order valence-electron chi connectivity index (χ2n) is 4.10. The van der Waals surface area contributed by atoms with Gasteiger partial charge in [-0.25, -0.2) is 4.21 Å². The highest BCUT2D eigenvalue weighted by molar-refractivity contribution is 7.86. The number of hydrogen-bond acceptors (Lipinski definition) is 3. The van der Waals surface area contributed by atoms with Crippen LogP contribution in [0.3, 0.4) is 0 Å². The smallest absolute Gasteiger partial charge is 0.461 e. The molecule has 1 unspecified atom stereocenters. The number of halogens is 7. The first kappa shape index (κ1) is 19.2. The lowest BCUT2D eigenvalue weighted by molar-refractivity contribution is -0.331. The average Bonchev–Trinajstić information content (AvgIpc) is 2.43. The number of para-hydroxylation sites is 1. The van der Waals surface area contributed by atoms with E-state index in [1.807, 2.05) is 5.32 Å². The van der Waals surface area contributed by atoms with Crippen LogP contribution in [0.4, 0.5) is 36.4 Å². The van der Waals surface area contributed by atoms with Crippen LogP contribution in [0.1, 0.15) is 0 Å². The van der Waals surface area contributed by atoms with E-state index in [9.17, 15) is 39.7 Å². The third-order valence-electron chi connectivity index (χ3n) is 2.47. The SMILES string of the molecule is O=C(O)CNc1ccccc1S(=O)C(F)(F)C(F)(F)C(F)(F)F. The maximum absolute atomic E-state index is 13.4. The Labute approximate surface area is 126 Å². The monoisotopic (exact) mass is 367 g/mol. The van der Waals surface area contributed by atoms with Crippen molar-refractivity contribution in [2.24, 2.45) is 0 Å². The summed E-state index contributed by atoms with van der Waals surface area (Å²) in [6, 6.07) is 3.67. The molecule has 0 fully saturated rings. The Morgan fingerprint density at radius 1 is 1.09 bits per heavy atom. The number of benzene rings is 1. The summed E-state index contributed by atoms with van der Waals surface area (Å²) in [4.78, 5) is 9.31. The van der Waals surface area contributed by atoms with E-state index in [0.717, 1.165) is 18.2 Å². The fourth-order valence-electron chi connectivity index (χ4n) is 1.36. The van der Waals surface area contributed by atoms with Gasteiger partial charge < -0.3 is 10.4 Å². The molecular weight excluding hydrogens is 359 g/mol. The Hall–Kier alpha value is -1.85. The van der Waals surface area contributed by atoms with Gasteiger partial charge in [-0.05, 0) is 12.1 Å². The molecule has 130 valence electrons. The Morgan fingerprint density at radius 3 is 2.09 bits per heavy atom. The molecule has 0 spiro atoms. The highest BCUT2D eigenvalue weighted by Crippen LogP contribution is 2.49. The van der Waals surface area contributed by atoms with Crippen LogP contribution in [-0.2, 0) is 15.6 Å². The molecule has 1 atom stereocenters. The predicted molar refractivity (Wildman–Crippen MR) is 64.9 cm³/mol. The van der Waals surface area contributed by atoms with Gasteiger partial charge in [-0.2, -0.15) is 30.7 Å². The molecule has 1 rings (SSSR count). The minimum absolute atomic E-state index is 0.564. The molecule has 4 nitrogen and oxygen atoms in total. The number of nitrogens with one attached hydrogen (secondary N) is 1. The molecule has 1 aromatic carbocycles. The second kappa shape index (κ2) is 6.34. The van der Waals surface area contributed by atoms with Gasteiger partial charge in [-0.3, -0.25) is 4.79 Å². The molecule has 23 heavy (non-hydrogen) atoms. The number of carbonyl (C=O) groups is 1. The van der Waals surface area contributed by atoms with E-state index < -0.39 is 51.2 Å². The molecule has 0 heterocycles. The Kier molecular flexibility index (Phi) is 5.29. The molecule has 2 N–H and O–H groups in total. The van der Waals surface area contributed by atoms with Gasteiger partial charge in [0.15, 0.2) is 0 Å². The van der Waals surface area contributed by atoms with Crippen molar-refractivity contribution in [3.05, 3.63) is 24.3 Å². The van der Waals surface area contributed by atoms with Crippen LogP contribution in [-0.4, -0.2) is 39.2 Å². The van der Waals surface area contributed by atoms with Gasteiger partial charge in [0, 0.05) is 0 Å². The quantitative estimate of drug-likeness (QED) is 0.759. The lowest BCUT2D eigenvalue weighted by atomic mass is 10.3. The summed E-state index contributed by atoms with van der Waals surface area (Å²) in [6.45, 7) is -0.852. The van der Waals surface area contributed by atoms with Crippen molar-refractivity contribution in [2.75, 3.05) is 11.9 Å². The minimum atomic E-state index is -6.62. The second-order valence-corrected chi connectivity index (χ2v) is 5.59. The summed E-state index contributed by atoms with van der Waals surface area (Å²) in [5.74, 6) is -8.00. The zero-order valence-electron chi connectivity index (χ0n) is 10.8. The summed E-state index contributed by atoms with van der Waals surface area (Å²) in [5.41, 5.74) is -0.564. The zero-order chi connectivity index (χ0) is 18.1. The minimum Gasteiger partial charge on any atom is -0.480 e. The molecule has 0 aromatic heterocycles. The first-order chi connectivity index (χ1) is 10.3.